The number of halogens is 6. The van der Waals surface area contributed by atoms with Crippen molar-refractivity contribution in [2.45, 2.75) is 50.6 Å². The van der Waals surface area contributed by atoms with Crippen molar-refractivity contribution in [3.63, 3.8) is 0 Å². The van der Waals surface area contributed by atoms with Crippen LogP contribution < -0.4 is 0 Å². The van der Waals surface area contributed by atoms with Crippen molar-refractivity contribution in [1.29, 1.82) is 0 Å². The highest BCUT2D eigenvalue weighted by atomic mass is 19.4. The summed E-state index contributed by atoms with van der Waals surface area (Å²) in [7, 11) is 0. The van der Waals surface area contributed by atoms with Crippen LogP contribution in [0.5, 0.6) is 0 Å². The molecule has 0 radical (unpaired) electrons. The molecule has 1 aliphatic carbocycles. The molecule has 0 bridgehead atoms. The first-order valence-corrected chi connectivity index (χ1v) is 8.48. The number of fused-ring (bicyclic) bond motifs is 1. The summed E-state index contributed by atoms with van der Waals surface area (Å²) in [5.41, 5.74) is -2.38. The monoisotopic (exact) mass is 376 g/mol. The highest BCUT2D eigenvalue weighted by Crippen LogP contribution is 2.43. The van der Waals surface area contributed by atoms with E-state index in [4.69, 9.17) is 0 Å². The Kier molecular flexibility index (Phi) is 4.94. The fourth-order valence-electron chi connectivity index (χ4n) is 3.77. The normalized spacial score (nSPS) is 18.3. The molecular formula is C19H18F6O. The number of alkyl halides is 6. The second-order valence-electron chi connectivity index (χ2n) is 6.80. The van der Waals surface area contributed by atoms with Gasteiger partial charge in [-0.2, -0.15) is 26.3 Å². The second-order valence-corrected chi connectivity index (χ2v) is 6.80. The Morgan fingerprint density at radius 3 is 2.08 bits per heavy atom. The summed E-state index contributed by atoms with van der Waals surface area (Å²) in [6.45, 7) is 0. The van der Waals surface area contributed by atoms with Crippen LogP contribution >= 0.6 is 0 Å². The Morgan fingerprint density at radius 2 is 1.50 bits per heavy atom. The Hall–Kier alpha value is -1.76. The number of aliphatic hydroxyl groups excluding tert-OH is 1. The van der Waals surface area contributed by atoms with Crippen molar-refractivity contribution < 1.29 is 31.4 Å². The van der Waals surface area contributed by atoms with Gasteiger partial charge < -0.3 is 5.11 Å². The van der Waals surface area contributed by atoms with E-state index in [1.54, 1.807) is 0 Å². The maximum absolute atomic E-state index is 13.3. The van der Waals surface area contributed by atoms with Gasteiger partial charge in [-0.1, -0.05) is 31.4 Å². The van der Waals surface area contributed by atoms with E-state index >= 15 is 0 Å². The van der Waals surface area contributed by atoms with Gasteiger partial charge in [0.05, 0.1) is 17.2 Å². The van der Waals surface area contributed by atoms with E-state index in [0.717, 1.165) is 37.5 Å². The summed E-state index contributed by atoms with van der Waals surface area (Å²) in [6.07, 6.45) is -6.80. The van der Waals surface area contributed by atoms with E-state index in [1.807, 2.05) is 0 Å². The highest BCUT2D eigenvalue weighted by molar-refractivity contribution is 5.90. The SMILES string of the molecule is O[C@@H](c1cc(C(F)(F)F)cc2c(C(F)(F)F)cccc12)C1CCCCC1. The third kappa shape index (κ3) is 3.68. The predicted molar refractivity (Wildman–Crippen MR) is 85.5 cm³/mol. The zero-order valence-electron chi connectivity index (χ0n) is 13.8. The topological polar surface area (TPSA) is 20.2 Å². The summed E-state index contributed by atoms with van der Waals surface area (Å²) in [4.78, 5) is 0. The molecule has 0 aliphatic heterocycles. The molecule has 1 nitrogen and oxygen atoms in total. The minimum atomic E-state index is -4.80. The number of hydrogen-bond acceptors (Lipinski definition) is 1. The molecule has 0 saturated heterocycles. The minimum absolute atomic E-state index is 0.0194. The van der Waals surface area contributed by atoms with E-state index in [2.05, 4.69) is 0 Å². The Bertz CT molecular complexity index is 787. The number of benzene rings is 2. The molecule has 2 aromatic rings. The largest absolute Gasteiger partial charge is 0.417 e. The smallest absolute Gasteiger partial charge is 0.388 e. The molecule has 1 saturated carbocycles. The molecule has 1 N–H and O–H groups in total. The standard InChI is InChI=1S/C19H18F6O/c20-18(21,22)12-9-14-13(7-4-8-16(14)19(23,24)25)15(10-12)17(26)11-5-2-1-3-6-11/h4,7-11,17,26H,1-3,5-6H2/t17-/m1/s1. The van der Waals surface area contributed by atoms with Crippen LogP contribution in [0, 0.1) is 5.92 Å². The number of aliphatic hydroxyl groups is 1. The lowest BCUT2D eigenvalue weighted by atomic mass is 9.81. The van der Waals surface area contributed by atoms with Gasteiger partial charge in [-0.15, -0.1) is 0 Å². The summed E-state index contributed by atoms with van der Waals surface area (Å²) < 4.78 is 79.7. The van der Waals surface area contributed by atoms with Crippen molar-refractivity contribution >= 4 is 10.8 Å². The second kappa shape index (κ2) is 6.76. The van der Waals surface area contributed by atoms with Gasteiger partial charge in [-0.25, -0.2) is 0 Å². The lowest BCUT2D eigenvalue weighted by Crippen LogP contribution is -2.18. The van der Waals surface area contributed by atoms with Gasteiger partial charge in [0, 0.05) is 0 Å². The molecule has 1 aliphatic rings. The predicted octanol–water partition coefficient (Wildman–Crippen LogP) is 6.49. The zero-order chi connectivity index (χ0) is 19.1. The van der Waals surface area contributed by atoms with Crippen molar-refractivity contribution in [1.82, 2.24) is 0 Å². The Labute approximate surface area is 146 Å². The first-order chi connectivity index (χ1) is 12.1. The summed E-state index contributed by atoms with van der Waals surface area (Å²) in [5, 5.41) is 10.2. The summed E-state index contributed by atoms with van der Waals surface area (Å²) >= 11 is 0. The van der Waals surface area contributed by atoms with Gasteiger partial charge in [0.2, 0.25) is 0 Å². The molecule has 0 unspecified atom stereocenters. The Balaban J connectivity index is 2.23. The molecule has 2 aromatic carbocycles. The number of hydrogen-bond donors (Lipinski definition) is 1. The van der Waals surface area contributed by atoms with Crippen LogP contribution in [0.15, 0.2) is 30.3 Å². The molecule has 0 aromatic heterocycles. The average molecular weight is 376 g/mol. The van der Waals surface area contributed by atoms with Gasteiger partial charge in [-0.05, 0) is 53.3 Å². The molecule has 0 amide bonds. The quantitative estimate of drug-likeness (QED) is 0.594. The van der Waals surface area contributed by atoms with E-state index in [-0.39, 0.29) is 16.9 Å². The lowest BCUT2D eigenvalue weighted by Gasteiger charge is -2.28. The third-order valence-corrected chi connectivity index (χ3v) is 5.08. The minimum Gasteiger partial charge on any atom is -0.388 e. The van der Waals surface area contributed by atoms with E-state index in [1.165, 1.54) is 6.07 Å². The van der Waals surface area contributed by atoms with Gasteiger partial charge in [0.25, 0.3) is 0 Å². The molecule has 0 heterocycles. The van der Waals surface area contributed by atoms with Gasteiger partial charge in [0.1, 0.15) is 0 Å². The van der Waals surface area contributed by atoms with Crippen LogP contribution in [0.2, 0.25) is 0 Å². The van der Waals surface area contributed by atoms with E-state index in [9.17, 15) is 31.4 Å². The lowest BCUT2D eigenvalue weighted by molar-refractivity contribution is -0.139. The molecular weight excluding hydrogens is 358 g/mol. The highest BCUT2D eigenvalue weighted by Gasteiger charge is 2.37. The van der Waals surface area contributed by atoms with Gasteiger partial charge >= 0.3 is 12.4 Å². The van der Waals surface area contributed by atoms with E-state index < -0.39 is 35.0 Å². The summed E-state index contributed by atoms with van der Waals surface area (Å²) in [5.74, 6) is -0.245. The molecule has 0 spiro atoms. The van der Waals surface area contributed by atoms with Crippen LogP contribution in [0.1, 0.15) is 54.9 Å². The zero-order valence-corrected chi connectivity index (χ0v) is 13.8. The van der Waals surface area contributed by atoms with Crippen LogP contribution in [-0.2, 0) is 12.4 Å². The first kappa shape index (κ1) is 19.0. The van der Waals surface area contributed by atoms with E-state index in [0.29, 0.717) is 18.9 Å². The maximum Gasteiger partial charge on any atom is 0.417 e. The van der Waals surface area contributed by atoms with Crippen molar-refractivity contribution in [2.75, 3.05) is 0 Å². The fraction of sp³-hybridized carbons (Fsp3) is 0.474. The van der Waals surface area contributed by atoms with Gasteiger partial charge in [0.15, 0.2) is 0 Å². The first-order valence-electron chi connectivity index (χ1n) is 8.48. The number of rotatable bonds is 2. The molecule has 142 valence electrons. The summed E-state index contributed by atoms with van der Waals surface area (Å²) in [6, 6.07) is 4.58. The molecule has 1 fully saturated rings. The fourth-order valence-corrected chi connectivity index (χ4v) is 3.77. The average Bonchev–Trinajstić information content (AvgIpc) is 2.58. The molecule has 26 heavy (non-hydrogen) atoms. The van der Waals surface area contributed by atoms with Crippen molar-refractivity contribution in [3.05, 3.63) is 47.0 Å². The van der Waals surface area contributed by atoms with Crippen LogP contribution in [0.25, 0.3) is 10.8 Å². The maximum atomic E-state index is 13.3. The third-order valence-electron chi connectivity index (χ3n) is 5.08. The van der Waals surface area contributed by atoms with Crippen LogP contribution in [0.4, 0.5) is 26.3 Å². The van der Waals surface area contributed by atoms with Crippen molar-refractivity contribution in [2.24, 2.45) is 5.92 Å². The van der Waals surface area contributed by atoms with Crippen LogP contribution in [-0.4, -0.2) is 5.11 Å². The molecule has 3 rings (SSSR count). The van der Waals surface area contributed by atoms with Gasteiger partial charge in [-0.3, -0.25) is 0 Å². The van der Waals surface area contributed by atoms with Crippen molar-refractivity contribution in [3.8, 4) is 0 Å². The molecule has 1 atom stereocenters. The van der Waals surface area contributed by atoms with Crippen LogP contribution in [0.3, 0.4) is 0 Å². The molecule has 7 heteroatoms. The Morgan fingerprint density at radius 1 is 0.846 bits per heavy atom.